The Hall–Kier alpha value is -4.11. The first-order valence-corrected chi connectivity index (χ1v) is 13.2. The fourth-order valence-corrected chi connectivity index (χ4v) is 5.01. The molecule has 0 spiro atoms. The number of methoxy groups -OCH3 is 2. The molecule has 0 radical (unpaired) electrons. The van der Waals surface area contributed by atoms with Gasteiger partial charge in [0.05, 0.1) is 19.9 Å². The lowest BCUT2D eigenvalue weighted by Gasteiger charge is -2.36. The van der Waals surface area contributed by atoms with Gasteiger partial charge in [-0.05, 0) is 42.8 Å². The van der Waals surface area contributed by atoms with Crippen molar-refractivity contribution in [1.82, 2.24) is 14.3 Å². The number of carbonyl (C=O) groups excluding carboxylic acids is 1. The lowest BCUT2D eigenvalue weighted by Crippen LogP contribution is -2.48. The van der Waals surface area contributed by atoms with Gasteiger partial charge in [0, 0.05) is 49.7 Å². The largest absolute Gasteiger partial charge is 0.495 e. The van der Waals surface area contributed by atoms with Crippen molar-refractivity contribution in [2.24, 2.45) is 0 Å². The maximum absolute atomic E-state index is 13.4. The van der Waals surface area contributed by atoms with Gasteiger partial charge in [-0.3, -0.25) is 4.79 Å². The highest BCUT2D eigenvalue weighted by atomic mass is 32.1. The molecule has 1 fully saturated rings. The summed E-state index contributed by atoms with van der Waals surface area (Å²) in [5.41, 5.74) is 3.93. The van der Waals surface area contributed by atoms with Gasteiger partial charge in [0.2, 0.25) is 0 Å². The van der Waals surface area contributed by atoms with Gasteiger partial charge in [-0.1, -0.05) is 42.0 Å². The molecule has 1 amide bonds. The Labute approximate surface area is 226 Å². The number of aromatic nitrogens is 2. The van der Waals surface area contributed by atoms with Crippen molar-refractivity contribution in [1.29, 1.82) is 0 Å². The molecule has 1 aromatic heterocycles. The van der Waals surface area contributed by atoms with Gasteiger partial charge in [-0.15, -0.1) is 0 Å². The molecular formula is C29H30N4O4S. The minimum atomic E-state index is -0.0468. The molecule has 1 aliphatic heterocycles. The number of ether oxygens (including phenoxy) is 3. The monoisotopic (exact) mass is 530 g/mol. The number of anilines is 1. The van der Waals surface area contributed by atoms with E-state index in [9.17, 15) is 4.79 Å². The average Bonchev–Trinajstić information content (AvgIpc) is 3.40. The summed E-state index contributed by atoms with van der Waals surface area (Å²) < 4.78 is 21.5. The average molecular weight is 531 g/mol. The highest BCUT2D eigenvalue weighted by Crippen LogP contribution is 2.34. The number of carbonyl (C=O) groups is 1. The summed E-state index contributed by atoms with van der Waals surface area (Å²) in [5.74, 6) is 2.44. The molecule has 0 aliphatic carbocycles. The Kier molecular flexibility index (Phi) is 7.74. The van der Waals surface area contributed by atoms with E-state index in [0.717, 1.165) is 30.1 Å². The first-order valence-electron chi connectivity index (χ1n) is 12.5. The third-order valence-corrected chi connectivity index (χ3v) is 7.17. The zero-order valence-electron chi connectivity index (χ0n) is 21.7. The van der Waals surface area contributed by atoms with Crippen LogP contribution < -0.4 is 19.1 Å². The molecule has 3 aromatic carbocycles. The molecule has 196 valence electrons. The van der Waals surface area contributed by atoms with Crippen LogP contribution in [0.4, 0.5) is 5.69 Å². The Morgan fingerprint density at radius 2 is 1.63 bits per heavy atom. The summed E-state index contributed by atoms with van der Waals surface area (Å²) in [6.45, 7) is 4.72. The summed E-state index contributed by atoms with van der Waals surface area (Å²) in [5, 5.41) is 0.403. The van der Waals surface area contributed by atoms with Gasteiger partial charge in [0.25, 0.3) is 11.1 Å². The van der Waals surface area contributed by atoms with E-state index in [1.54, 1.807) is 32.4 Å². The minimum absolute atomic E-state index is 0.0468. The van der Waals surface area contributed by atoms with Crippen LogP contribution in [0, 0.1) is 6.92 Å². The van der Waals surface area contributed by atoms with Crippen LogP contribution in [0.3, 0.4) is 0 Å². The molecule has 0 saturated carbocycles. The number of hydrogen-bond donors (Lipinski definition) is 0. The third kappa shape index (κ3) is 5.73. The van der Waals surface area contributed by atoms with E-state index in [4.69, 9.17) is 14.2 Å². The topological polar surface area (TPSA) is 77.0 Å². The molecule has 4 aromatic rings. The molecule has 38 heavy (non-hydrogen) atoms. The molecule has 0 atom stereocenters. The summed E-state index contributed by atoms with van der Waals surface area (Å²) in [6, 6.07) is 21.5. The molecule has 1 saturated heterocycles. The molecule has 8 nitrogen and oxygen atoms in total. The van der Waals surface area contributed by atoms with E-state index in [0.29, 0.717) is 47.6 Å². The first kappa shape index (κ1) is 25.5. The molecule has 0 unspecified atom stereocenters. The van der Waals surface area contributed by atoms with E-state index in [-0.39, 0.29) is 5.91 Å². The molecule has 5 rings (SSSR count). The first-order chi connectivity index (χ1) is 18.5. The molecule has 2 heterocycles. The van der Waals surface area contributed by atoms with Crippen LogP contribution in [-0.4, -0.2) is 60.6 Å². The fraction of sp³-hybridized carbons (Fsp3) is 0.276. The van der Waals surface area contributed by atoms with Gasteiger partial charge in [-0.25, -0.2) is 0 Å². The Balaban J connectivity index is 1.26. The maximum Gasteiger partial charge on any atom is 0.298 e. The Morgan fingerprint density at radius 1 is 0.895 bits per heavy atom. The van der Waals surface area contributed by atoms with Crippen molar-refractivity contribution >= 4 is 23.1 Å². The quantitative estimate of drug-likeness (QED) is 0.310. The minimum Gasteiger partial charge on any atom is -0.495 e. The van der Waals surface area contributed by atoms with Gasteiger partial charge < -0.3 is 24.0 Å². The van der Waals surface area contributed by atoms with Crippen LogP contribution in [0.15, 0.2) is 66.7 Å². The second kappa shape index (κ2) is 11.5. The Morgan fingerprint density at radius 3 is 2.37 bits per heavy atom. The highest BCUT2D eigenvalue weighted by Gasteiger charge is 2.25. The number of piperazine rings is 1. The van der Waals surface area contributed by atoms with E-state index in [1.165, 1.54) is 17.1 Å². The second-order valence-electron chi connectivity index (χ2n) is 9.06. The normalized spacial score (nSPS) is 13.3. The van der Waals surface area contributed by atoms with Crippen molar-refractivity contribution in [3.8, 4) is 22.4 Å². The van der Waals surface area contributed by atoms with E-state index < -0.39 is 0 Å². The predicted molar refractivity (Wildman–Crippen MR) is 148 cm³/mol. The zero-order chi connectivity index (χ0) is 26.5. The number of nitrogens with zero attached hydrogens (tertiary/aromatic N) is 4. The lowest BCUT2D eigenvalue weighted by atomic mass is 10.1. The van der Waals surface area contributed by atoms with Gasteiger partial charge in [0.1, 0.15) is 5.75 Å². The van der Waals surface area contributed by atoms with Crippen LogP contribution in [0.2, 0.25) is 0 Å². The maximum atomic E-state index is 13.4. The summed E-state index contributed by atoms with van der Waals surface area (Å²) in [4.78, 5) is 22.0. The van der Waals surface area contributed by atoms with E-state index in [1.807, 2.05) is 29.2 Å². The van der Waals surface area contributed by atoms with E-state index in [2.05, 4.69) is 45.4 Å². The predicted octanol–water partition coefficient (Wildman–Crippen LogP) is 5.21. The number of rotatable bonds is 8. The summed E-state index contributed by atoms with van der Waals surface area (Å²) >= 11 is 1.18. The van der Waals surface area contributed by atoms with Gasteiger partial charge in [0.15, 0.2) is 17.3 Å². The van der Waals surface area contributed by atoms with Crippen LogP contribution in [-0.2, 0) is 6.42 Å². The van der Waals surface area contributed by atoms with Crippen molar-refractivity contribution in [3.05, 3.63) is 89.2 Å². The van der Waals surface area contributed by atoms with Crippen molar-refractivity contribution in [2.75, 3.05) is 45.3 Å². The molecule has 0 bridgehead atoms. The second-order valence-corrected chi connectivity index (χ2v) is 9.77. The molecular weight excluding hydrogens is 500 g/mol. The number of amides is 1. The lowest BCUT2D eigenvalue weighted by molar-refractivity contribution is 0.0746. The standard InChI is InChI=1S/C29H30N4O4S/c1-20-8-10-21(11-9-20)18-27-30-29(38-31-27)37-26-19-22(12-13-25(26)36-3)28(34)33-16-14-32(15-17-33)23-6-4-5-7-24(23)35-2/h4-13,19H,14-18H2,1-3H3. The zero-order valence-corrected chi connectivity index (χ0v) is 22.5. The molecule has 1 aliphatic rings. The number of benzene rings is 3. The number of aryl methyl sites for hydroxylation is 1. The third-order valence-electron chi connectivity index (χ3n) is 6.53. The summed E-state index contributed by atoms with van der Waals surface area (Å²) in [7, 11) is 3.25. The van der Waals surface area contributed by atoms with Gasteiger partial charge in [-0.2, -0.15) is 9.36 Å². The number of para-hydroxylation sites is 2. The Bertz CT molecular complexity index is 1400. The van der Waals surface area contributed by atoms with Crippen molar-refractivity contribution < 1.29 is 19.0 Å². The SMILES string of the molecule is COc1ccc(C(=O)N2CCN(c3ccccc3OC)CC2)cc1Oc1nc(Cc2ccc(C)cc2)ns1. The fourth-order valence-electron chi connectivity index (χ4n) is 4.45. The molecule has 9 heteroatoms. The molecule has 0 N–H and O–H groups in total. The smallest absolute Gasteiger partial charge is 0.298 e. The van der Waals surface area contributed by atoms with Crippen LogP contribution in [0.5, 0.6) is 22.4 Å². The summed E-state index contributed by atoms with van der Waals surface area (Å²) in [6.07, 6.45) is 0.622. The number of hydrogen-bond acceptors (Lipinski definition) is 8. The van der Waals surface area contributed by atoms with Crippen LogP contribution in [0.1, 0.15) is 27.3 Å². The highest BCUT2D eigenvalue weighted by molar-refractivity contribution is 7.07. The van der Waals surface area contributed by atoms with E-state index >= 15 is 0 Å². The van der Waals surface area contributed by atoms with Gasteiger partial charge >= 0.3 is 0 Å². The van der Waals surface area contributed by atoms with Crippen molar-refractivity contribution in [2.45, 2.75) is 13.3 Å². The van der Waals surface area contributed by atoms with Crippen molar-refractivity contribution in [3.63, 3.8) is 0 Å². The van der Waals surface area contributed by atoms with Crippen LogP contribution >= 0.6 is 11.5 Å². The van der Waals surface area contributed by atoms with Crippen LogP contribution in [0.25, 0.3) is 0 Å².